The zero-order valence-electron chi connectivity index (χ0n) is 9.09. The van der Waals surface area contributed by atoms with E-state index >= 15 is 0 Å². The molecule has 0 amide bonds. The molecule has 2 heteroatoms. The minimum Gasteiger partial charge on any atom is -0.329 e. The van der Waals surface area contributed by atoms with Gasteiger partial charge in [-0.2, -0.15) is 0 Å². The fraction of sp³-hybridized carbons (Fsp3) is 0.500. The molecule has 0 bridgehead atoms. The van der Waals surface area contributed by atoms with Crippen molar-refractivity contribution in [1.29, 1.82) is 0 Å². The van der Waals surface area contributed by atoms with Crippen LogP contribution in [0.2, 0.25) is 0 Å². The molecule has 0 fully saturated rings. The molecular formula is C12H20N2. The monoisotopic (exact) mass is 192 g/mol. The van der Waals surface area contributed by atoms with Crippen molar-refractivity contribution in [3.8, 4) is 0 Å². The van der Waals surface area contributed by atoms with Crippen LogP contribution >= 0.6 is 0 Å². The van der Waals surface area contributed by atoms with Crippen molar-refractivity contribution < 1.29 is 0 Å². The van der Waals surface area contributed by atoms with E-state index in [0.717, 1.165) is 12.8 Å². The van der Waals surface area contributed by atoms with Crippen molar-refractivity contribution in [2.75, 3.05) is 6.54 Å². The Kier molecular flexibility index (Phi) is 4.11. The molecular weight excluding hydrogens is 172 g/mol. The molecule has 78 valence electrons. The van der Waals surface area contributed by atoms with Crippen molar-refractivity contribution >= 4 is 0 Å². The van der Waals surface area contributed by atoms with Crippen LogP contribution in [0.1, 0.15) is 36.6 Å². The Balaban J connectivity index is 3.04. The van der Waals surface area contributed by atoms with Crippen molar-refractivity contribution in [2.24, 2.45) is 11.5 Å². The van der Waals surface area contributed by atoms with E-state index in [1.807, 2.05) is 0 Å². The molecule has 0 aliphatic heterocycles. The maximum Gasteiger partial charge on any atom is 0.0419 e. The van der Waals surface area contributed by atoms with Crippen LogP contribution in [0.15, 0.2) is 18.2 Å². The first-order valence-corrected chi connectivity index (χ1v) is 5.29. The van der Waals surface area contributed by atoms with Crippen molar-refractivity contribution in [3.05, 3.63) is 34.9 Å². The fourth-order valence-corrected chi connectivity index (χ4v) is 1.55. The molecule has 0 aliphatic carbocycles. The lowest BCUT2D eigenvalue weighted by Crippen LogP contribution is -2.21. The molecule has 0 unspecified atom stereocenters. The largest absolute Gasteiger partial charge is 0.329 e. The normalized spacial score (nSPS) is 12.9. The molecule has 14 heavy (non-hydrogen) atoms. The maximum absolute atomic E-state index is 5.92. The Morgan fingerprint density at radius 2 is 1.57 bits per heavy atom. The summed E-state index contributed by atoms with van der Waals surface area (Å²) >= 11 is 0. The van der Waals surface area contributed by atoms with Gasteiger partial charge < -0.3 is 11.5 Å². The molecule has 0 saturated heterocycles. The van der Waals surface area contributed by atoms with Gasteiger partial charge in [0.2, 0.25) is 0 Å². The summed E-state index contributed by atoms with van der Waals surface area (Å²) in [7, 11) is 0. The van der Waals surface area contributed by atoms with E-state index in [1.54, 1.807) is 0 Å². The van der Waals surface area contributed by atoms with Gasteiger partial charge >= 0.3 is 0 Å². The zero-order valence-corrected chi connectivity index (χ0v) is 9.09. The second-order valence-electron chi connectivity index (χ2n) is 3.63. The predicted octanol–water partition coefficient (Wildman–Crippen LogP) is 1.77. The second kappa shape index (κ2) is 5.13. The molecule has 1 atom stereocenters. The smallest absolute Gasteiger partial charge is 0.0419 e. The summed E-state index contributed by atoms with van der Waals surface area (Å²) in [5, 5.41) is 0. The highest BCUT2D eigenvalue weighted by atomic mass is 14.7. The van der Waals surface area contributed by atoms with E-state index in [-0.39, 0.29) is 6.04 Å². The average molecular weight is 192 g/mol. The number of hydrogen-bond acceptors (Lipinski definition) is 2. The van der Waals surface area contributed by atoms with Gasteiger partial charge in [0, 0.05) is 12.6 Å². The molecule has 0 radical (unpaired) electrons. The van der Waals surface area contributed by atoms with Gasteiger partial charge in [-0.3, -0.25) is 0 Å². The Labute approximate surface area is 86.3 Å². The summed E-state index contributed by atoms with van der Waals surface area (Å²) in [4.78, 5) is 0. The summed E-state index contributed by atoms with van der Waals surface area (Å²) in [6.45, 7) is 4.83. The van der Waals surface area contributed by atoms with Gasteiger partial charge in [0.25, 0.3) is 0 Å². The second-order valence-corrected chi connectivity index (χ2v) is 3.63. The Bertz CT molecular complexity index is 272. The predicted molar refractivity (Wildman–Crippen MR) is 61.2 cm³/mol. The SMILES string of the molecule is CCc1cc(CC)cc([C@H](N)CN)c1. The number of benzene rings is 1. The molecule has 1 rings (SSSR count). The van der Waals surface area contributed by atoms with Gasteiger partial charge in [-0.05, 0) is 29.5 Å². The van der Waals surface area contributed by atoms with Crippen LogP contribution in [0.4, 0.5) is 0 Å². The molecule has 1 aromatic rings. The highest BCUT2D eigenvalue weighted by Crippen LogP contribution is 2.16. The van der Waals surface area contributed by atoms with Crippen LogP contribution in [0.25, 0.3) is 0 Å². The van der Waals surface area contributed by atoms with E-state index in [9.17, 15) is 0 Å². The third-order valence-corrected chi connectivity index (χ3v) is 2.57. The first kappa shape index (κ1) is 11.2. The number of rotatable bonds is 4. The van der Waals surface area contributed by atoms with Gasteiger partial charge in [-0.1, -0.05) is 32.0 Å². The Morgan fingerprint density at radius 1 is 1.07 bits per heavy atom. The van der Waals surface area contributed by atoms with Crippen molar-refractivity contribution in [3.63, 3.8) is 0 Å². The number of aryl methyl sites for hydroxylation is 2. The minimum absolute atomic E-state index is 0.0215. The first-order chi connectivity index (χ1) is 6.71. The Hall–Kier alpha value is -0.860. The molecule has 0 spiro atoms. The molecule has 0 saturated carbocycles. The summed E-state index contributed by atoms with van der Waals surface area (Å²) in [5.74, 6) is 0. The average Bonchev–Trinajstić information content (AvgIpc) is 2.27. The number of nitrogens with two attached hydrogens (primary N) is 2. The molecule has 2 nitrogen and oxygen atoms in total. The van der Waals surface area contributed by atoms with E-state index < -0.39 is 0 Å². The summed E-state index contributed by atoms with van der Waals surface area (Å²) in [6.07, 6.45) is 2.11. The van der Waals surface area contributed by atoms with Gasteiger partial charge in [0.15, 0.2) is 0 Å². The standard InChI is InChI=1S/C12H20N2/c1-3-9-5-10(4-2)7-11(6-9)12(14)8-13/h5-7,12H,3-4,8,13-14H2,1-2H3/t12-/m1/s1. The topological polar surface area (TPSA) is 52.0 Å². The lowest BCUT2D eigenvalue weighted by atomic mass is 9.98. The Morgan fingerprint density at radius 3 is 1.93 bits per heavy atom. The molecule has 0 heterocycles. The lowest BCUT2D eigenvalue weighted by Gasteiger charge is -2.12. The van der Waals surface area contributed by atoms with Crippen LogP contribution in [-0.2, 0) is 12.8 Å². The molecule has 0 aliphatic rings. The maximum atomic E-state index is 5.92. The van der Waals surface area contributed by atoms with Crippen molar-refractivity contribution in [2.45, 2.75) is 32.7 Å². The third-order valence-electron chi connectivity index (χ3n) is 2.57. The van der Waals surface area contributed by atoms with Crippen LogP contribution in [0, 0.1) is 0 Å². The van der Waals surface area contributed by atoms with Crippen LogP contribution in [0.5, 0.6) is 0 Å². The van der Waals surface area contributed by atoms with Gasteiger partial charge in [-0.25, -0.2) is 0 Å². The third kappa shape index (κ3) is 2.56. The van der Waals surface area contributed by atoms with E-state index in [4.69, 9.17) is 11.5 Å². The van der Waals surface area contributed by atoms with Gasteiger partial charge in [-0.15, -0.1) is 0 Å². The van der Waals surface area contributed by atoms with Crippen LogP contribution in [-0.4, -0.2) is 6.54 Å². The summed E-state index contributed by atoms with van der Waals surface area (Å²) < 4.78 is 0. The van der Waals surface area contributed by atoms with E-state index in [2.05, 4.69) is 32.0 Å². The van der Waals surface area contributed by atoms with E-state index in [1.165, 1.54) is 16.7 Å². The lowest BCUT2D eigenvalue weighted by molar-refractivity contribution is 0.734. The first-order valence-electron chi connectivity index (χ1n) is 5.29. The van der Waals surface area contributed by atoms with Crippen LogP contribution in [0.3, 0.4) is 0 Å². The zero-order chi connectivity index (χ0) is 10.6. The molecule has 4 N–H and O–H groups in total. The van der Waals surface area contributed by atoms with Crippen LogP contribution < -0.4 is 11.5 Å². The highest BCUT2D eigenvalue weighted by molar-refractivity contribution is 5.32. The quantitative estimate of drug-likeness (QED) is 0.764. The summed E-state index contributed by atoms with van der Waals surface area (Å²) in [5.41, 5.74) is 15.3. The molecule has 0 aromatic heterocycles. The summed E-state index contributed by atoms with van der Waals surface area (Å²) in [6, 6.07) is 6.55. The number of hydrogen-bond donors (Lipinski definition) is 2. The minimum atomic E-state index is -0.0215. The molecule has 1 aromatic carbocycles. The highest BCUT2D eigenvalue weighted by Gasteiger charge is 2.05. The van der Waals surface area contributed by atoms with E-state index in [0.29, 0.717) is 6.54 Å². The fourth-order valence-electron chi connectivity index (χ4n) is 1.55. The van der Waals surface area contributed by atoms with Gasteiger partial charge in [0.1, 0.15) is 0 Å². The van der Waals surface area contributed by atoms with Gasteiger partial charge in [0.05, 0.1) is 0 Å². The van der Waals surface area contributed by atoms with Crippen molar-refractivity contribution in [1.82, 2.24) is 0 Å².